The molecule has 1 saturated heterocycles. The highest BCUT2D eigenvalue weighted by molar-refractivity contribution is 5.09. The molecule has 9 heavy (non-hydrogen) atoms. The van der Waals surface area contributed by atoms with Gasteiger partial charge in [0.25, 0.3) is 0 Å². The summed E-state index contributed by atoms with van der Waals surface area (Å²) in [4.78, 5) is 2.42. The summed E-state index contributed by atoms with van der Waals surface area (Å²) in [6.07, 6.45) is 4.97. The fourth-order valence-corrected chi connectivity index (χ4v) is 1.51. The fourth-order valence-electron chi connectivity index (χ4n) is 1.51. The van der Waals surface area contributed by atoms with Crippen LogP contribution in [0.15, 0.2) is 11.8 Å². The number of allylic oxidation sites excluding steroid dienone is 1. The fraction of sp³-hybridized carbons (Fsp3) is 0.714. The molecule has 2 nitrogen and oxygen atoms in total. The van der Waals surface area contributed by atoms with E-state index in [0.29, 0.717) is 0 Å². The van der Waals surface area contributed by atoms with Gasteiger partial charge in [0.2, 0.25) is 0 Å². The SMILES string of the molecule is C1=C2CNCN2CCC1. The van der Waals surface area contributed by atoms with Gasteiger partial charge < -0.3 is 4.90 Å². The molecular weight excluding hydrogens is 112 g/mol. The molecule has 50 valence electrons. The summed E-state index contributed by atoms with van der Waals surface area (Å²) in [5.74, 6) is 0. The quantitative estimate of drug-likeness (QED) is 0.506. The first-order valence-electron chi connectivity index (χ1n) is 3.61. The van der Waals surface area contributed by atoms with Gasteiger partial charge in [0.1, 0.15) is 0 Å². The van der Waals surface area contributed by atoms with Crippen molar-refractivity contribution in [2.24, 2.45) is 0 Å². The Morgan fingerprint density at radius 3 is 3.44 bits per heavy atom. The van der Waals surface area contributed by atoms with E-state index in [1.54, 1.807) is 0 Å². The van der Waals surface area contributed by atoms with Gasteiger partial charge in [-0.05, 0) is 12.8 Å². The summed E-state index contributed by atoms with van der Waals surface area (Å²) in [6.45, 7) is 3.44. The second-order valence-corrected chi connectivity index (χ2v) is 2.69. The van der Waals surface area contributed by atoms with Crippen molar-refractivity contribution in [2.45, 2.75) is 12.8 Å². The van der Waals surface area contributed by atoms with Crippen LogP contribution < -0.4 is 5.32 Å². The Morgan fingerprint density at radius 1 is 1.56 bits per heavy atom. The summed E-state index contributed by atoms with van der Waals surface area (Å²) >= 11 is 0. The molecule has 1 fully saturated rings. The van der Waals surface area contributed by atoms with E-state index in [9.17, 15) is 0 Å². The topological polar surface area (TPSA) is 15.3 Å². The van der Waals surface area contributed by atoms with Crippen LogP contribution in [0.1, 0.15) is 12.8 Å². The van der Waals surface area contributed by atoms with Crippen LogP contribution in [0.5, 0.6) is 0 Å². The number of hydrogen-bond acceptors (Lipinski definition) is 2. The lowest BCUT2D eigenvalue weighted by molar-refractivity contribution is 0.360. The van der Waals surface area contributed by atoms with E-state index < -0.39 is 0 Å². The van der Waals surface area contributed by atoms with Crippen molar-refractivity contribution in [3.05, 3.63) is 11.8 Å². The summed E-state index contributed by atoms with van der Waals surface area (Å²) in [5, 5.41) is 3.32. The normalized spacial score (nSPS) is 25.8. The third-order valence-corrected chi connectivity index (χ3v) is 2.03. The predicted octanol–water partition coefficient (Wildman–Crippen LogP) is 0.527. The number of nitrogens with zero attached hydrogens (tertiary/aromatic N) is 1. The number of fused-ring (bicyclic) bond motifs is 1. The zero-order valence-corrected chi connectivity index (χ0v) is 5.56. The van der Waals surface area contributed by atoms with Crippen LogP contribution >= 0.6 is 0 Å². The summed E-state index contributed by atoms with van der Waals surface area (Å²) in [7, 11) is 0. The predicted molar refractivity (Wildman–Crippen MR) is 36.9 cm³/mol. The molecule has 2 aliphatic rings. The largest absolute Gasteiger partial charge is 0.361 e. The maximum Gasteiger partial charge on any atom is 0.0682 e. The van der Waals surface area contributed by atoms with E-state index in [1.165, 1.54) is 25.1 Å². The third-order valence-electron chi connectivity index (χ3n) is 2.03. The van der Waals surface area contributed by atoms with Gasteiger partial charge in [-0.3, -0.25) is 5.32 Å². The molecule has 0 saturated carbocycles. The van der Waals surface area contributed by atoms with Crippen molar-refractivity contribution >= 4 is 0 Å². The molecule has 0 aromatic rings. The lowest BCUT2D eigenvalue weighted by Crippen LogP contribution is -2.24. The first-order valence-corrected chi connectivity index (χ1v) is 3.61. The maximum absolute atomic E-state index is 3.32. The van der Waals surface area contributed by atoms with Crippen molar-refractivity contribution in [1.29, 1.82) is 0 Å². The van der Waals surface area contributed by atoms with Crippen LogP contribution in [0.2, 0.25) is 0 Å². The number of rotatable bonds is 0. The summed E-state index contributed by atoms with van der Waals surface area (Å²) < 4.78 is 0. The van der Waals surface area contributed by atoms with Crippen LogP contribution in [0.25, 0.3) is 0 Å². The molecule has 0 atom stereocenters. The number of nitrogens with one attached hydrogen (secondary N) is 1. The van der Waals surface area contributed by atoms with Crippen LogP contribution in [-0.2, 0) is 0 Å². The minimum absolute atomic E-state index is 1.08. The molecule has 1 N–H and O–H groups in total. The lowest BCUT2D eigenvalue weighted by atomic mass is 10.2. The Kier molecular flexibility index (Phi) is 1.19. The first kappa shape index (κ1) is 5.30. The van der Waals surface area contributed by atoms with Crippen LogP contribution in [0.4, 0.5) is 0 Å². The standard InChI is InChI=1S/C7H12N2/c1-2-4-9-6-8-5-7(9)3-1/h3,8H,1-2,4-6H2. The van der Waals surface area contributed by atoms with E-state index in [-0.39, 0.29) is 0 Å². The van der Waals surface area contributed by atoms with Gasteiger partial charge in [-0.25, -0.2) is 0 Å². The molecule has 0 amide bonds. The third kappa shape index (κ3) is 0.833. The lowest BCUT2D eigenvalue weighted by Gasteiger charge is -2.22. The van der Waals surface area contributed by atoms with Gasteiger partial charge in [-0.1, -0.05) is 6.08 Å². The van der Waals surface area contributed by atoms with Gasteiger partial charge in [0, 0.05) is 18.8 Å². The van der Waals surface area contributed by atoms with Crippen molar-refractivity contribution in [2.75, 3.05) is 19.8 Å². The van der Waals surface area contributed by atoms with Crippen LogP contribution in [0, 0.1) is 0 Å². The van der Waals surface area contributed by atoms with E-state index in [0.717, 1.165) is 13.2 Å². The molecule has 0 bridgehead atoms. The molecule has 0 unspecified atom stereocenters. The van der Waals surface area contributed by atoms with Gasteiger partial charge >= 0.3 is 0 Å². The molecule has 2 rings (SSSR count). The Balaban J connectivity index is 2.16. The molecular formula is C7H12N2. The second-order valence-electron chi connectivity index (χ2n) is 2.69. The molecule has 0 spiro atoms. The molecule has 2 aliphatic heterocycles. The van der Waals surface area contributed by atoms with Gasteiger partial charge in [0.15, 0.2) is 0 Å². The van der Waals surface area contributed by atoms with Gasteiger partial charge in [0.05, 0.1) is 6.67 Å². The minimum Gasteiger partial charge on any atom is -0.361 e. The average Bonchev–Trinajstić information content (AvgIpc) is 2.33. The summed E-state index contributed by atoms with van der Waals surface area (Å²) in [5.41, 5.74) is 1.52. The Bertz CT molecular complexity index is 140. The Labute approximate surface area is 55.5 Å². The van der Waals surface area contributed by atoms with E-state index in [4.69, 9.17) is 0 Å². The highest BCUT2D eigenvalue weighted by Gasteiger charge is 2.17. The van der Waals surface area contributed by atoms with Crippen molar-refractivity contribution in [3.8, 4) is 0 Å². The average molecular weight is 124 g/mol. The molecule has 0 aromatic heterocycles. The monoisotopic (exact) mass is 124 g/mol. The smallest absolute Gasteiger partial charge is 0.0682 e. The molecule has 0 aromatic carbocycles. The zero-order valence-electron chi connectivity index (χ0n) is 5.56. The first-order chi connectivity index (χ1) is 4.47. The highest BCUT2D eigenvalue weighted by Crippen LogP contribution is 2.15. The van der Waals surface area contributed by atoms with Gasteiger partial charge in [-0.2, -0.15) is 0 Å². The highest BCUT2D eigenvalue weighted by atomic mass is 15.3. The Morgan fingerprint density at radius 2 is 2.56 bits per heavy atom. The van der Waals surface area contributed by atoms with Crippen LogP contribution in [-0.4, -0.2) is 24.7 Å². The zero-order chi connectivity index (χ0) is 6.10. The van der Waals surface area contributed by atoms with E-state index in [1.807, 2.05) is 0 Å². The molecule has 0 aliphatic carbocycles. The van der Waals surface area contributed by atoms with Gasteiger partial charge in [-0.15, -0.1) is 0 Å². The van der Waals surface area contributed by atoms with Crippen LogP contribution in [0.3, 0.4) is 0 Å². The van der Waals surface area contributed by atoms with Crippen molar-refractivity contribution in [1.82, 2.24) is 10.2 Å². The van der Waals surface area contributed by atoms with Crippen molar-refractivity contribution < 1.29 is 0 Å². The maximum atomic E-state index is 3.32. The molecule has 2 heteroatoms. The van der Waals surface area contributed by atoms with E-state index >= 15 is 0 Å². The second kappa shape index (κ2) is 2.03. The number of hydrogen-bond donors (Lipinski definition) is 1. The van der Waals surface area contributed by atoms with E-state index in [2.05, 4.69) is 16.3 Å². The molecule has 0 radical (unpaired) electrons. The molecule has 2 heterocycles. The minimum atomic E-state index is 1.08. The summed E-state index contributed by atoms with van der Waals surface area (Å²) in [6, 6.07) is 0. The Hall–Kier alpha value is -0.500. The van der Waals surface area contributed by atoms with Crippen molar-refractivity contribution in [3.63, 3.8) is 0 Å².